The summed E-state index contributed by atoms with van der Waals surface area (Å²) in [5, 5.41) is 9.64. The molecule has 0 atom stereocenters. The number of hydrogen-bond acceptors (Lipinski definition) is 3. The first-order valence-electron chi connectivity index (χ1n) is 5.34. The van der Waals surface area contributed by atoms with Crippen LogP contribution in [0.25, 0.3) is 5.76 Å². The monoisotopic (exact) mass is 220 g/mol. The molecule has 0 fully saturated rings. The Morgan fingerprint density at radius 3 is 2.44 bits per heavy atom. The SMILES string of the molecule is CCOC(=O)C=C(O)c1ccc(CC)cc1. The highest BCUT2D eigenvalue weighted by Gasteiger charge is 2.03. The van der Waals surface area contributed by atoms with Gasteiger partial charge in [-0.3, -0.25) is 0 Å². The Morgan fingerprint density at radius 2 is 1.94 bits per heavy atom. The molecule has 0 aromatic heterocycles. The maximum atomic E-state index is 11.1. The van der Waals surface area contributed by atoms with Gasteiger partial charge in [0.1, 0.15) is 5.76 Å². The van der Waals surface area contributed by atoms with Crippen molar-refractivity contribution in [2.24, 2.45) is 0 Å². The summed E-state index contributed by atoms with van der Waals surface area (Å²) < 4.78 is 4.70. The van der Waals surface area contributed by atoms with E-state index in [9.17, 15) is 9.90 Å². The first-order valence-corrected chi connectivity index (χ1v) is 5.34. The van der Waals surface area contributed by atoms with Crippen LogP contribution >= 0.6 is 0 Å². The lowest BCUT2D eigenvalue weighted by Crippen LogP contribution is -2.00. The normalized spacial score (nSPS) is 11.2. The van der Waals surface area contributed by atoms with Gasteiger partial charge >= 0.3 is 5.97 Å². The third-order valence-electron chi connectivity index (χ3n) is 2.20. The minimum atomic E-state index is -0.528. The summed E-state index contributed by atoms with van der Waals surface area (Å²) in [5.74, 6) is -0.597. The van der Waals surface area contributed by atoms with Gasteiger partial charge in [0.2, 0.25) is 0 Å². The average Bonchev–Trinajstić information content (AvgIpc) is 2.29. The molecule has 1 aromatic carbocycles. The van der Waals surface area contributed by atoms with Crippen molar-refractivity contribution in [3.8, 4) is 0 Å². The van der Waals surface area contributed by atoms with Crippen LogP contribution < -0.4 is 0 Å². The van der Waals surface area contributed by atoms with Crippen LogP contribution in [0.15, 0.2) is 30.3 Å². The van der Waals surface area contributed by atoms with E-state index in [1.807, 2.05) is 12.1 Å². The standard InChI is InChI=1S/C13H16O3/c1-3-10-5-7-11(8-6-10)12(14)9-13(15)16-4-2/h5-9,14H,3-4H2,1-2H3. The molecule has 0 saturated heterocycles. The predicted octanol–water partition coefficient (Wildman–Crippen LogP) is 2.71. The Hall–Kier alpha value is -1.77. The van der Waals surface area contributed by atoms with E-state index in [0.717, 1.165) is 12.5 Å². The molecule has 0 aliphatic rings. The molecule has 0 aliphatic heterocycles. The number of aliphatic hydroxyl groups is 1. The molecule has 16 heavy (non-hydrogen) atoms. The topological polar surface area (TPSA) is 46.5 Å². The lowest BCUT2D eigenvalue weighted by molar-refractivity contribution is -0.137. The Morgan fingerprint density at radius 1 is 1.31 bits per heavy atom. The van der Waals surface area contributed by atoms with Crippen LogP contribution in [0.4, 0.5) is 0 Å². The number of ether oxygens (including phenoxy) is 1. The van der Waals surface area contributed by atoms with Crippen molar-refractivity contribution in [1.82, 2.24) is 0 Å². The number of benzene rings is 1. The zero-order valence-corrected chi connectivity index (χ0v) is 9.56. The summed E-state index contributed by atoms with van der Waals surface area (Å²) in [7, 11) is 0. The minimum absolute atomic E-state index is 0.0684. The van der Waals surface area contributed by atoms with Crippen molar-refractivity contribution in [3.05, 3.63) is 41.5 Å². The summed E-state index contributed by atoms with van der Waals surface area (Å²) in [5.41, 5.74) is 1.80. The Balaban J connectivity index is 2.79. The second kappa shape index (κ2) is 5.95. The molecular formula is C13H16O3. The van der Waals surface area contributed by atoms with Gasteiger partial charge in [-0.2, -0.15) is 0 Å². The van der Waals surface area contributed by atoms with Gasteiger partial charge in [0, 0.05) is 5.56 Å². The average molecular weight is 220 g/mol. The molecule has 0 spiro atoms. The number of carbonyl (C=O) groups excluding carboxylic acids is 1. The van der Waals surface area contributed by atoms with Gasteiger partial charge in [-0.1, -0.05) is 31.2 Å². The van der Waals surface area contributed by atoms with Crippen molar-refractivity contribution >= 4 is 11.7 Å². The van der Waals surface area contributed by atoms with Crippen LogP contribution in [-0.4, -0.2) is 17.7 Å². The molecule has 3 nitrogen and oxygen atoms in total. The zero-order valence-electron chi connectivity index (χ0n) is 9.56. The molecule has 0 bridgehead atoms. The highest BCUT2D eigenvalue weighted by Crippen LogP contribution is 2.13. The Kier molecular flexibility index (Phi) is 4.58. The molecule has 0 amide bonds. The van der Waals surface area contributed by atoms with E-state index < -0.39 is 5.97 Å². The van der Waals surface area contributed by atoms with Crippen LogP contribution in [-0.2, 0) is 16.0 Å². The van der Waals surface area contributed by atoms with Crippen LogP contribution in [0.2, 0.25) is 0 Å². The van der Waals surface area contributed by atoms with E-state index in [1.54, 1.807) is 19.1 Å². The van der Waals surface area contributed by atoms with Crippen molar-refractivity contribution in [2.45, 2.75) is 20.3 Å². The first kappa shape index (κ1) is 12.3. The highest BCUT2D eigenvalue weighted by atomic mass is 16.5. The fourth-order valence-corrected chi connectivity index (χ4v) is 1.29. The zero-order chi connectivity index (χ0) is 12.0. The van der Waals surface area contributed by atoms with Gasteiger partial charge in [0.25, 0.3) is 0 Å². The summed E-state index contributed by atoms with van der Waals surface area (Å²) in [4.78, 5) is 11.1. The number of hydrogen-bond donors (Lipinski definition) is 1. The van der Waals surface area contributed by atoms with Gasteiger partial charge in [0.05, 0.1) is 12.7 Å². The van der Waals surface area contributed by atoms with Gasteiger partial charge in [-0.15, -0.1) is 0 Å². The Bertz CT molecular complexity index is 377. The number of esters is 1. The Labute approximate surface area is 95.4 Å². The van der Waals surface area contributed by atoms with E-state index in [1.165, 1.54) is 5.56 Å². The molecule has 1 aromatic rings. The number of rotatable bonds is 4. The lowest BCUT2D eigenvalue weighted by atomic mass is 10.1. The van der Waals surface area contributed by atoms with E-state index in [0.29, 0.717) is 12.2 Å². The molecule has 0 heterocycles. The number of carbonyl (C=O) groups is 1. The molecular weight excluding hydrogens is 204 g/mol. The van der Waals surface area contributed by atoms with Crippen LogP contribution in [0.1, 0.15) is 25.0 Å². The fraction of sp³-hybridized carbons (Fsp3) is 0.308. The molecule has 0 radical (unpaired) electrons. The number of aryl methyl sites for hydroxylation is 1. The fourth-order valence-electron chi connectivity index (χ4n) is 1.29. The minimum Gasteiger partial charge on any atom is -0.507 e. The molecule has 86 valence electrons. The second-order valence-electron chi connectivity index (χ2n) is 3.33. The van der Waals surface area contributed by atoms with Crippen LogP contribution in [0.5, 0.6) is 0 Å². The lowest BCUT2D eigenvalue weighted by Gasteiger charge is -2.02. The van der Waals surface area contributed by atoms with E-state index in [4.69, 9.17) is 4.74 Å². The maximum absolute atomic E-state index is 11.1. The third-order valence-corrected chi connectivity index (χ3v) is 2.20. The first-order chi connectivity index (χ1) is 7.67. The summed E-state index contributed by atoms with van der Waals surface area (Å²) in [6.45, 7) is 4.08. The number of aliphatic hydroxyl groups excluding tert-OH is 1. The van der Waals surface area contributed by atoms with E-state index >= 15 is 0 Å². The van der Waals surface area contributed by atoms with Crippen LogP contribution in [0.3, 0.4) is 0 Å². The quantitative estimate of drug-likeness (QED) is 0.482. The largest absolute Gasteiger partial charge is 0.507 e. The van der Waals surface area contributed by atoms with Crippen molar-refractivity contribution < 1.29 is 14.6 Å². The van der Waals surface area contributed by atoms with Crippen molar-refractivity contribution in [2.75, 3.05) is 6.61 Å². The molecule has 1 N–H and O–H groups in total. The van der Waals surface area contributed by atoms with Crippen molar-refractivity contribution in [1.29, 1.82) is 0 Å². The second-order valence-corrected chi connectivity index (χ2v) is 3.33. The molecule has 0 aliphatic carbocycles. The van der Waals surface area contributed by atoms with E-state index in [-0.39, 0.29) is 5.76 Å². The molecule has 3 heteroatoms. The summed E-state index contributed by atoms with van der Waals surface area (Å²) >= 11 is 0. The van der Waals surface area contributed by atoms with Crippen molar-refractivity contribution in [3.63, 3.8) is 0 Å². The summed E-state index contributed by atoms with van der Waals surface area (Å²) in [6.07, 6.45) is 2.03. The van der Waals surface area contributed by atoms with Crippen LogP contribution in [0, 0.1) is 0 Å². The summed E-state index contributed by atoms with van der Waals surface area (Å²) in [6, 6.07) is 7.41. The molecule has 1 rings (SSSR count). The van der Waals surface area contributed by atoms with Gasteiger partial charge in [0.15, 0.2) is 0 Å². The van der Waals surface area contributed by atoms with Gasteiger partial charge in [-0.25, -0.2) is 4.79 Å². The highest BCUT2D eigenvalue weighted by molar-refractivity contribution is 5.89. The van der Waals surface area contributed by atoms with Gasteiger partial charge in [-0.05, 0) is 18.9 Å². The van der Waals surface area contributed by atoms with E-state index in [2.05, 4.69) is 6.92 Å². The maximum Gasteiger partial charge on any atom is 0.334 e. The molecule has 0 saturated carbocycles. The predicted molar refractivity (Wildman–Crippen MR) is 63.1 cm³/mol. The van der Waals surface area contributed by atoms with Gasteiger partial charge < -0.3 is 9.84 Å². The smallest absolute Gasteiger partial charge is 0.334 e. The third kappa shape index (κ3) is 3.42. The molecule has 0 unspecified atom stereocenters.